The van der Waals surface area contributed by atoms with Gasteiger partial charge >= 0.3 is 0 Å². The van der Waals surface area contributed by atoms with Crippen LogP contribution in [0.4, 0.5) is 5.95 Å². The van der Waals surface area contributed by atoms with Gasteiger partial charge in [0.05, 0.1) is 13.2 Å². The third-order valence-corrected chi connectivity index (χ3v) is 2.96. The number of anilines is 1. The van der Waals surface area contributed by atoms with Gasteiger partial charge in [0.2, 0.25) is 11.9 Å². The molecule has 1 aromatic heterocycles. The number of nitrogens with one attached hydrogen (secondary N) is 2. The summed E-state index contributed by atoms with van der Waals surface area (Å²) in [5.74, 6) is 1.10. The van der Waals surface area contributed by atoms with Crippen molar-refractivity contribution in [3.8, 4) is 0 Å². The topological polar surface area (TPSA) is 68.2 Å². The standard InChI is InChI=1S/C13H22N4O2/c1-10(2)8-17-5-3-15-13(17)16-12(18)7-11-9-19-6-4-14-11/h3,5,10-11,14H,4,6-9H2,1-2H3,(H,15,16,18). The number of carbonyl (C=O) groups is 1. The van der Waals surface area contributed by atoms with Gasteiger partial charge in [-0.3, -0.25) is 10.1 Å². The van der Waals surface area contributed by atoms with Crippen LogP contribution in [0.1, 0.15) is 20.3 Å². The molecule has 19 heavy (non-hydrogen) atoms. The molecule has 1 aliphatic heterocycles. The molecule has 2 N–H and O–H groups in total. The fourth-order valence-corrected chi connectivity index (χ4v) is 2.12. The Morgan fingerprint density at radius 1 is 1.68 bits per heavy atom. The van der Waals surface area contributed by atoms with Gasteiger partial charge in [0.25, 0.3) is 0 Å². The Bertz CT molecular complexity index is 411. The molecule has 6 heteroatoms. The van der Waals surface area contributed by atoms with E-state index < -0.39 is 0 Å². The largest absolute Gasteiger partial charge is 0.378 e. The van der Waals surface area contributed by atoms with Crippen molar-refractivity contribution in [3.63, 3.8) is 0 Å². The van der Waals surface area contributed by atoms with Crippen LogP contribution in [-0.2, 0) is 16.1 Å². The number of morpholine rings is 1. The van der Waals surface area contributed by atoms with Gasteiger partial charge < -0.3 is 14.6 Å². The number of amides is 1. The molecule has 1 saturated heterocycles. The number of aromatic nitrogens is 2. The maximum atomic E-state index is 12.0. The van der Waals surface area contributed by atoms with Crippen molar-refractivity contribution in [1.29, 1.82) is 0 Å². The van der Waals surface area contributed by atoms with Gasteiger partial charge in [-0.1, -0.05) is 13.8 Å². The van der Waals surface area contributed by atoms with Gasteiger partial charge in [0, 0.05) is 37.9 Å². The summed E-state index contributed by atoms with van der Waals surface area (Å²) in [4.78, 5) is 16.1. The van der Waals surface area contributed by atoms with Crippen LogP contribution in [0.25, 0.3) is 0 Å². The SMILES string of the molecule is CC(C)Cn1ccnc1NC(=O)CC1COCCN1. The molecule has 6 nitrogen and oxygen atoms in total. The highest BCUT2D eigenvalue weighted by Gasteiger charge is 2.18. The second-order valence-electron chi connectivity index (χ2n) is 5.28. The van der Waals surface area contributed by atoms with E-state index in [0.29, 0.717) is 24.9 Å². The molecule has 106 valence electrons. The first-order chi connectivity index (χ1) is 9.15. The summed E-state index contributed by atoms with van der Waals surface area (Å²) in [6.45, 7) is 7.23. The Balaban J connectivity index is 1.86. The summed E-state index contributed by atoms with van der Waals surface area (Å²) < 4.78 is 7.30. The van der Waals surface area contributed by atoms with Gasteiger partial charge in [0.1, 0.15) is 0 Å². The molecule has 1 unspecified atom stereocenters. The van der Waals surface area contributed by atoms with Gasteiger partial charge in [-0.05, 0) is 5.92 Å². The van der Waals surface area contributed by atoms with Gasteiger partial charge in [-0.25, -0.2) is 4.98 Å². The quantitative estimate of drug-likeness (QED) is 0.829. The van der Waals surface area contributed by atoms with Crippen molar-refractivity contribution < 1.29 is 9.53 Å². The van der Waals surface area contributed by atoms with Crippen molar-refractivity contribution in [1.82, 2.24) is 14.9 Å². The van der Waals surface area contributed by atoms with Crippen LogP contribution in [0.15, 0.2) is 12.4 Å². The molecule has 1 atom stereocenters. The average molecular weight is 266 g/mol. The summed E-state index contributed by atoms with van der Waals surface area (Å²) in [7, 11) is 0. The number of imidazole rings is 1. The number of rotatable bonds is 5. The highest BCUT2D eigenvalue weighted by molar-refractivity contribution is 5.89. The fourth-order valence-electron chi connectivity index (χ4n) is 2.12. The second-order valence-corrected chi connectivity index (χ2v) is 5.28. The van der Waals surface area contributed by atoms with E-state index in [0.717, 1.165) is 19.7 Å². The third-order valence-electron chi connectivity index (χ3n) is 2.96. The molecule has 0 aliphatic carbocycles. The number of ether oxygens (including phenoxy) is 1. The minimum atomic E-state index is -0.0285. The molecule has 1 aliphatic rings. The van der Waals surface area contributed by atoms with Crippen LogP contribution < -0.4 is 10.6 Å². The van der Waals surface area contributed by atoms with E-state index in [1.165, 1.54) is 0 Å². The number of hydrogen-bond donors (Lipinski definition) is 2. The number of hydrogen-bond acceptors (Lipinski definition) is 4. The van der Waals surface area contributed by atoms with Gasteiger partial charge in [-0.2, -0.15) is 0 Å². The molecule has 2 heterocycles. The lowest BCUT2D eigenvalue weighted by Crippen LogP contribution is -2.43. The van der Waals surface area contributed by atoms with E-state index in [9.17, 15) is 4.79 Å². The molecule has 2 rings (SSSR count). The predicted molar refractivity (Wildman–Crippen MR) is 72.9 cm³/mol. The molecule has 1 fully saturated rings. The van der Waals surface area contributed by atoms with Crippen LogP contribution in [0, 0.1) is 5.92 Å². The molecule has 0 radical (unpaired) electrons. The second kappa shape index (κ2) is 6.68. The normalized spacial score (nSPS) is 19.6. The lowest BCUT2D eigenvalue weighted by Gasteiger charge is -2.23. The molecular formula is C13H22N4O2. The minimum Gasteiger partial charge on any atom is -0.378 e. The molecule has 1 amide bonds. The van der Waals surface area contributed by atoms with Crippen molar-refractivity contribution in [3.05, 3.63) is 12.4 Å². The Kier molecular flexibility index (Phi) is 4.93. The smallest absolute Gasteiger partial charge is 0.228 e. The first-order valence-corrected chi connectivity index (χ1v) is 6.77. The van der Waals surface area contributed by atoms with Crippen molar-refractivity contribution in [2.24, 2.45) is 5.92 Å². The molecule has 0 aromatic carbocycles. The van der Waals surface area contributed by atoms with Gasteiger partial charge in [-0.15, -0.1) is 0 Å². The summed E-state index contributed by atoms with van der Waals surface area (Å²) in [5.41, 5.74) is 0. The Labute approximate surface area is 113 Å². The van der Waals surface area contributed by atoms with Crippen LogP contribution in [-0.4, -0.2) is 41.3 Å². The molecular weight excluding hydrogens is 244 g/mol. The zero-order valence-electron chi connectivity index (χ0n) is 11.6. The summed E-state index contributed by atoms with van der Waals surface area (Å²) in [6, 6.07) is 0.0993. The van der Waals surface area contributed by atoms with E-state index in [1.54, 1.807) is 6.20 Å². The van der Waals surface area contributed by atoms with Crippen molar-refractivity contribution in [2.45, 2.75) is 32.9 Å². The van der Waals surface area contributed by atoms with E-state index in [-0.39, 0.29) is 11.9 Å². The lowest BCUT2D eigenvalue weighted by atomic mass is 10.2. The number of nitrogens with zero attached hydrogens (tertiary/aromatic N) is 2. The maximum absolute atomic E-state index is 12.0. The van der Waals surface area contributed by atoms with E-state index in [4.69, 9.17) is 4.74 Å². The van der Waals surface area contributed by atoms with Crippen molar-refractivity contribution >= 4 is 11.9 Å². The first kappa shape index (κ1) is 14.0. The lowest BCUT2D eigenvalue weighted by molar-refractivity contribution is -0.117. The molecule has 1 aromatic rings. The predicted octanol–water partition coefficient (Wildman–Crippen LogP) is 0.856. The fraction of sp³-hybridized carbons (Fsp3) is 0.692. The first-order valence-electron chi connectivity index (χ1n) is 6.77. The van der Waals surface area contributed by atoms with Crippen LogP contribution in [0.3, 0.4) is 0 Å². The monoisotopic (exact) mass is 266 g/mol. The highest BCUT2D eigenvalue weighted by Crippen LogP contribution is 2.09. The molecule has 0 bridgehead atoms. The Morgan fingerprint density at radius 3 is 3.21 bits per heavy atom. The van der Waals surface area contributed by atoms with E-state index >= 15 is 0 Å². The Hall–Kier alpha value is -1.40. The third kappa shape index (κ3) is 4.33. The highest BCUT2D eigenvalue weighted by atomic mass is 16.5. The molecule has 0 saturated carbocycles. The van der Waals surface area contributed by atoms with Crippen molar-refractivity contribution in [2.75, 3.05) is 25.1 Å². The number of carbonyl (C=O) groups excluding carboxylic acids is 1. The van der Waals surface area contributed by atoms with E-state index in [2.05, 4.69) is 29.5 Å². The summed E-state index contributed by atoms with van der Waals surface area (Å²) >= 11 is 0. The van der Waals surface area contributed by atoms with Crippen LogP contribution in [0.2, 0.25) is 0 Å². The van der Waals surface area contributed by atoms with Gasteiger partial charge in [0.15, 0.2) is 0 Å². The Morgan fingerprint density at radius 2 is 2.53 bits per heavy atom. The zero-order chi connectivity index (χ0) is 13.7. The summed E-state index contributed by atoms with van der Waals surface area (Å²) in [5, 5.41) is 6.12. The van der Waals surface area contributed by atoms with E-state index in [1.807, 2.05) is 10.8 Å². The molecule has 0 spiro atoms. The maximum Gasteiger partial charge on any atom is 0.228 e. The average Bonchev–Trinajstić information content (AvgIpc) is 2.77. The zero-order valence-corrected chi connectivity index (χ0v) is 11.6. The van der Waals surface area contributed by atoms with Crippen LogP contribution >= 0.6 is 0 Å². The van der Waals surface area contributed by atoms with Crippen LogP contribution in [0.5, 0.6) is 0 Å². The minimum absolute atomic E-state index is 0.0285. The summed E-state index contributed by atoms with van der Waals surface area (Å²) in [6.07, 6.45) is 4.01.